The zero-order valence-electron chi connectivity index (χ0n) is 8.85. The Labute approximate surface area is 94.3 Å². The van der Waals surface area contributed by atoms with Crippen LogP contribution in [0.1, 0.15) is 17.0 Å². The minimum Gasteiger partial charge on any atom is -0.507 e. The highest BCUT2D eigenvalue weighted by molar-refractivity contribution is 5.83. The van der Waals surface area contributed by atoms with Crippen molar-refractivity contribution in [2.75, 3.05) is 6.54 Å². The summed E-state index contributed by atoms with van der Waals surface area (Å²) in [7, 11) is 0. The summed E-state index contributed by atoms with van der Waals surface area (Å²) in [5.41, 5.74) is 10.3. The molecule has 0 radical (unpaired) electrons. The van der Waals surface area contributed by atoms with Crippen molar-refractivity contribution in [1.82, 2.24) is 0 Å². The van der Waals surface area contributed by atoms with Crippen LogP contribution in [0.3, 0.4) is 0 Å². The van der Waals surface area contributed by atoms with Crippen LogP contribution in [-0.2, 0) is 0 Å². The summed E-state index contributed by atoms with van der Waals surface area (Å²) in [6, 6.07) is 13.8. The molecule has 2 aromatic carbocycles. The maximum absolute atomic E-state index is 9.95. The van der Waals surface area contributed by atoms with Gasteiger partial charge in [-0.2, -0.15) is 0 Å². The van der Waals surface area contributed by atoms with Gasteiger partial charge in [-0.25, -0.2) is 0 Å². The van der Waals surface area contributed by atoms with Gasteiger partial charge in [0.15, 0.2) is 0 Å². The predicted octanol–water partition coefficient (Wildman–Crippen LogP) is 2.46. The molecule has 0 aromatic heterocycles. The van der Waals surface area contributed by atoms with Crippen LogP contribution in [0.5, 0.6) is 5.75 Å². The Balaban J connectivity index is 2.35. The fraction of sp³-hybridized carbons (Fsp3) is 0.143. The van der Waals surface area contributed by atoms with E-state index < -0.39 is 0 Å². The number of hydrogen-bond donors (Lipinski definition) is 2. The number of hydrogen-bond acceptors (Lipinski definition) is 2. The minimum atomic E-state index is 0.221. The second kappa shape index (κ2) is 3.35. The van der Waals surface area contributed by atoms with E-state index >= 15 is 0 Å². The predicted molar refractivity (Wildman–Crippen MR) is 64.4 cm³/mol. The highest BCUT2D eigenvalue weighted by atomic mass is 16.3. The molecule has 0 saturated heterocycles. The topological polar surface area (TPSA) is 46.2 Å². The maximum atomic E-state index is 9.95. The number of rotatable bonds is 1. The molecular formula is C14H13NO. The van der Waals surface area contributed by atoms with Gasteiger partial charge in [-0.05, 0) is 22.8 Å². The highest BCUT2D eigenvalue weighted by Crippen LogP contribution is 2.47. The molecule has 1 unspecified atom stereocenters. The molecular weight excluding hydrogens is 198 g/mol. The molecule has 3 rings (SSSR count). The van der Waals surface area contributed by atoms with E-state index in [0.29, 0.717) is 12.3 Å². The average molecular weight is 211 g/mol. The number of phenolic OH excluding ortho intramolecular Hbond substituents is 1. The van der Waals surface area contributed by atoms with E-state index in [1.807, 2.05) is 30.3 Å². The van der Waals surface area contributed by atoms with Crippen LogP contribution in [0, 0.1) is 0 Å². The Kier molecular flexibility index (Phi) is 1.98. The standard InChI is InChI=1S/C14H13NO/c15-8-12-9-4-1-2-5-10(9)14-11(12)6-3-7-13(14)16/h1-7,12,16H,8,15H2. The van der Waals surface area contributed by atoms with E-state index in [2.05, 4.69) is 6.07 Å². The van der Waals surface area contributed by atoms with Crippen molar-refractivity contribution in [3.05, 3.63) is 53.6 Å². The zero-order chi connectivity index (χ0) is 11.1. The number of aromatic hydroxyl groups is 1. The van der Waals surface area contributed by atoms with Gasteiger partial charge in [0, 0.05) is 18.0 Å². The maximum Gasteiger partial charge on any atom is 0.123 e. The van der Waals surface area contributed by atoms with Crippen LogP contribution in [0.25, 0.3) is 11.1 Å². The van der Waals surface area contributed by atoms with E-state index in [-0.39, 0.29) is 5.92 Å². The molecule has 2 aromatic rings. The van der Waals surface area contributed by atoms with Gasteiger partial charge in [-0.15, -0.1) is 0 Å². The highest BCUT2D eigenvalue weighted by Gasteiger charge is 2.28. The van der Waals surface area contributed by atoms with Gasteiger partial charge in [-0.3, -0.25) is 0 Å². The van der Waals surface area contributed by atoms with E-state index in [1.54, 1.807) is 6.07 Å². The van der Waals surface area contributed by atoms with Gasteiger partial charge in [0.1, 0.15) is 5.75 Å². The van der Waals surface area contributed by atoms with Crippen molar-refractivity contribution < 1.29 is 5.11 Å². The van der Waals surface area contributed by atoms with Crippen molar-refractivity contribution in [3.63, 3.8) is 0 Å². The molecule has 0 heterocycles. The lowest BCUT2D eigenvalue weighted by Crippen LogP contribution is -2.10. The monoisotopic (exact) mass is 211 g/mol. The molecule has 0 spiro atoms. The van der Waals surface area contributed by atoms with Gasteiger partial charge in [0.25, 0.3) is 0 Å². The van der Waals surface area contributed by atoms with Gasteiger partial charge in [0.05, 0.1) is 0 Å². The Hall–Kier alpha value is -1.80. The second-order valence-electron chi connectivity index (χ2n) is 4.12. The number of phenols is 1. The number of nitrogens with two attached hydrogens (primary N) is 1. The fourth-order valence-electron chi connectivity index (χ4n) is 2.59. The Morgan fingerprint density at radius 2 is 1.75 bits per heavy atom. The SMILES string of the molecule is NCC1c2ccccc2-c2c(O)cccc21. The van der Waals surface area contributed by atoms with E-state index in [0.717, 1.165) is 16.7 Å². The third-order valence-electron chi connectivity index (χ3n) is 3.29. The molecule has 3 N–H and O–H groups in total. The number of fused-ring (bicyclic) bond motifs is 3. The molecule has 1 aliphatic carbocycles. The summed E-state index contributed by atoms with van der Waals surface area (Å²) in [4.78, 5) is 0. The quantitative estimate of drug-likeness (QED) is 0.761. The smallest absolute Gasteiger partial charge is 0.123 e. The lowest BCUT2D eigenvalue weighted by molar-refractivity contribution is 0.477. The Morgan fingerprint density at radius 3 is 2.56 bits per heavy atom. The third kappa shape index (κ3) is 1.11. The Bertz CT molecular complexity index is 548. The second-order valence-corrected chi connectivity index (χ2v) is 4.12. The molecule has 16 heavy (non-hydrogen) atoms. The van der Waals surface area contributed by atoms with Crippen molar-refractivity contribution in [1.29, 1.82) is 0 Å². The summed E-state index contributed by atoms with van der Waals surface area (Å²) < 4.78 is 0. The van der Waals surface area contributed by atoms with Gasteiger partial charge < -0.3 is 10.8 Å². The van der Waals surface area contributed by atoms with Crippen LogP contribution in [-0.4, -0.2) is 11.7 Å². The summed E-state index contributed by atoms with van der Waals surface area (Å²) in [6.45, 7) is 0.577. The average Bonchev–Trinajstić information content (AvgIpc) is 2.64. The zero-order valence-corrected chi connectivity index (χ0v) is 8.85. The summed E-state index contributed by atoms with van der Waals surface area (Å²) >= 11 is 0. The van der Waals surface area contributed by atoms with Crippen molar-refractivity contribution in [3.8, 4) is 16.9 Å². The lowest BCUT2D eigenvalue weighted by atomic mass is 9.97. The van der Waals surface area contributed by atoms with Crippen LogP contribution >= 0.6 is 0 Å². The van der Waals surface area contributed by atoms with Crippen molar-refractivity contribution in [2.24, 2.45) is 5.73 Å². The van der Waals surface area contributed by atoms with Gasteiger partial charge >= 0.3 is 0 Å². The Morgan fingerprint density at radius 1 is 1.00 bits per heavy atom. The van der Waals surface area contributed by atoms with E-state index in [4.69, 9.17) is 5.73 Å². The molecule has 80 valence electrons. The van der Waals surface area contributed by atoms with E-state index in [1.165, 1.54) is 5.56 Å². The molecule has 1 aliphatic rings. The first-order chi connectivity index (χ1) is 7.83. The minimum absolute atomic E-state index is 0.221. The first-order valence-electron chi connectivity index (χ1n) is 5.44. The largest absolute Gasteiger partial charge is 0.507 e. The van der Waals surface area contributed by atoms with Crippen LogP contribution < -0.4 is 5.73 Å². The number of benzene rings is 2. The molecule has 2 nitrogen and oxygen atoms in total. The molecule has 0 fully saturated rings. The summed E-state index contributed by atoms with van der Waals surface area (Å²) in [5, 5.41) is 9.95. The van der Waals surface area contributed by atoms with Crippen LogP contribution in [0.4, 0.5) is 0 Å². The molecule has 0 aliphatic heterocycles. The van der Waals surface area contributed by atoms with Crippen LogP contribution in [0.2, 0.25) is 0 Å². The molecule has 2 heteroatoms. The van der Waals surface area contributed by atoms with Crippen LogP contribution in [0.15, 0.2) is 42.5 Å². The van der Waals surface area contributed by atoms with Crippen molar-refractivity contribution in [2.45, 2.75) is 5.92 Å². The lowest BCUT2D eigenvalue weighted by Gasteiger charge is -2.09. The van der Waals surface area contributed by atoms with Gasteiger partial charge in [-0.1, -0.05) is 36.4 Å². The molecule has 0 saturated carbocycles. The first-order valence-corrected chi connectivity index (χ1v) is 5.44. The first kappa shape index (κ1) is 9.43. The summed E-state index contributed by atoms with van der Waals surface area (Å²) in [5.74, 6) is 0.569. The summed E-state index contributed by atoms with van der Waals surface area (Å²) in [6.07, 6.45) is 0. The molecule has 0 bridgehead atoms. The normalized spacial score (nSPS) is 16.9. The molecule has 1 atom stereocenters. The fourth-order valence-corrected chi connectivity index (χ4v) is 2.59. The van der Waals surface area contributed by atoms with Gasteiger partial charge in [0.2, 0.25) is 0 Å². The van der Waals surface area contributed by atoms with Crippen molar-refractivity contribution >= 4 is 0 Å². The van der Waals surface area contributed by atoms with E-state index in [9.17, 15) is 5.11 Å². The molecule has 0 amide bonds. The third-order valence-corrected chi connectivity index (χ3v) is 3.29.